The van der Waals surface area contributed by atoms with Gasteiger partial charge in [-0.05, 0) is 49.7 Å². The van der Waals surface area contributed by atoms with E-state index < -0.39 is 0 Å². The van der Waals surface area contributed by atoms with Gasteiger partial charge in [0.15, 0.2) is 0 Å². The summed E-state index contributed by atoms with van der Waals surface area (Å²) in [6, 6.07) is 11.8. The van der Waals surface area contributed by atoms with Crippen LogP contribution in [0.5, 0.6) is 17.6 Å². The second-order valence-electron chi connectivity index (χ2n) is 5.32. The molecular weight excluding hydrogens is 304 g/mol. The van der Waals surface area contributed by atoms with Gasteiger partial charge in [-0.3, -0.25) is 0 Å². The Morgan fingerprint density at radius 1 is 0.917 bits per heavy atom. The van der Waals surface area contributed by atoms with Gasteiger partial charge < -0.3 is 14.8 Å². The number of aryl methyl sites for hydroxylation is 2. The van der Waals surface area contributed by atoms with Crippen LogP contribution in [0.2, 0.25) is 0 Å². The van der Waals surface area contributed by atoms with Crippen molar-refractivity contribution in [2.24, 2.45) is 0 Å². The Balaban J connectivity index is 1.71. The summed E-state index contributed by atoms with van der Waals surface area (Å²) >= 11 is 0. The fourth-order valence-corrected chi connectivity index (χ4v) is 2.02. The van der Waals surface area contributed by atoms with Gasteiger partial charge in [0.05, 0.1) is 7.11 Å². The van der Waals surface area contributed by atoms with Crippen molar-refractivity contribution in [1.82, 2.24) is 15.0 Å². The van der Waals surface area contributed by atoms with Crippen LogP contribution in [-0.4, -0.2) is 22.1 Å². The number of ether oxygens (including phenoxy) is 2. The summed E-state index contributed by atoms with van der Waals surface area (Å²) in [6.07, 6.45) is 3.49. The Morgan fingerprint density at radius 2 is 1.71 bits per heavy atom. The number of aromatic nitrogens is 3. The number of nitrogens with zero attached hydrogens (tertiary/aromatic N) is 3. The van der Waals surface area contributed by atoms with Crippen LogP contribution >= 0.6 is 0 Å². The SMILES string of the molecule is COc1ncc(C)c(Oc2ccc(Nc3ccc(C)cn3)cc2)n1. The molecule has 0 spiro atoms. The van der Waals surface area contributed by atoms with E-state index in [0.717, 1.165) is 22.6 Å². The number of hydrogen-bond donors (Lipinski definition) is 1. The lowest BCUT2D eigenvalue weighted by molar-refractivity contribution is 0.365. The summed E-state index contributed by atoms with van der Waals surface area (Å²) in [6.45, 7) is 3.89. The van der Waals surface area contributed by atoms with Crippen molar-refractivity contribution in [2.75, 3.05) is 12.4 Å². The highest BCUT2D eigenvalue weighted by atomic mass is 16.5. The number of rotatable bonds is 5. The Morgan fingerprint density at radius 3 is 2.38 bits per heavy atom. The van der Waals surface area contributed by atoms with Gasteiger partial charge in [-0.25, -0.2) is 9.97 Å². The largest absolute Gasteiger partial charge is 0.467 e. The first kappa shape index (κ1) is 15.7. The van der Waals surface area contributed by atoms with Crippen LogP contribution in [0.3, 0.4) is 0 Å². The molecule has 1 N–H and O–H groups in total. The zero-order chi connectivity index (χ0) is 16.9. The van der Waals surface area contributed by atoms with Crippen molar-refractivity contribution < 1.29 is 9.47 Å². The third-order valence-electron chi connectivity index (χ3n) is 3.34. The van der Waals surface area contributed by atoms with Crippen molar-refractivity contribution >= 4 is 11.5 Å². The molecule has 0 aliphatic rings. The summed E-state index contributed by atoms with van der Waals surface area (Å²) < 4.78 is 10.8. The summed E-state index contributed by atoms with van der Waals surface area (Å²) in [4.78, 5) is 12.6. The molecule has 3 rings (SSSR count). The second kappa shape index (κ2) is 6.95. The van der Waals surface area contributed by atoms with Crippen molar-refractivity contribution in [3.05, 3.63) is 59.9 Å². The van der Waals surface area contributed by atoms with E-state index >= 15 is 0 Å². The first-order valence-corrected chi connectivity index (χ1v) is 7.49. The number of methoxy groups -OCH3 is 1. The average molecular weight is 322 g/mol. The van der Waals surface area contributed by atoms with E-state index in [1.165, 1.54) is 7.11 Å². The zero-order valence-electron chi connectivity index (χ0n) is 13.8. The van der Waals surface area contributed by atoms with Gasteiger partial charge >= 0.3 is 6.01 Å². The molecule has 6 heteroatoms. The maximum Gasteiger partial charge on any atom is 0.319 e. The van der Waals surface area contributed by atoms with Crippen LogP contribution in [-0.2, 0) is 0 Å². The van der Waals surface area contributed by atoms with Gasteiger partial charge in [0.1, 0.15) is 11.6 Å². The Bertz CT molecular complexity index is 817. The molecule has 0 saturated carbocycles. The van der Waals surface area contributed by atoms with Crippen LogP contribution < -0.4 is 14.8 Å². The molecule has 0 fully saturated rings. The topological polar surface area (TPSA) is 69.2 Å². The van der Waals surface area contributed by atoms with Gasteiger partial charge in [-0.1, -0.05) is 6.07 Å². The predicted molar refractivity (Wildman–Crippen MR) is 92.1 cm³/mol. The molecule has 2 heterocycles. The first-order chi connectivity index (χ1) is 11.6. The molecular formula is C18H18N4O2. The van der Waals surface area contributed by atoms with Gasteiger partial charge in [-0.15, -0.1) is 0 Å². The molecule has 0 aliphatic heterocycles. The third-order valence-corrected chi connectivity index (χ3v) is 3.34. The molecule has 0 saturated heterocycles. The van der Waals surface area contributed by atoms with Crippen LogP contribution in [0.1, 0.15) is 11.1 Å². The molecule has 2 aromatic heterocycles. The molecule has 0 bridgehead atoms. The van der Waals surface area contributed by atoms with E-state index in [4.69, 9.17) is 9.47 Å². The quantitative estimate of drug-likeness (QED) is 0.765. The van der Waals surface area contributed by atoms with Crippen molar-refractivity contribution in [3.8, 4) is 17.6 Å². The van der Waals surface area contributed by atoms with E-state index in [-0.39, 0.29) is 6.01 Å². The number of pyridine rings is 1. The van der Waals surface area contributed by atoms with Crippen LogP contribution in [0.4, 0.5) is 11.5 Å². The minimum atomic E-state index is 0.277. The molecule has 0 aliphatic carbocycles. The van der Waals surface area contributed by atoms with E-state index in [2.05, 4.69) is 20.3 Å². The number of nitrogens with one attached hydrogen (secondary N) is 1. The highest BCUT2D eigenvalue weighted by Crippen LogP contribution is 2.25. The molecule has 122 valence electrons. The Labute approximate surface area is 140 Å². The van der Waals surface area contributed by atoms with Crippen LogP contribution in [0, 0.1) is 13.8 Å². The lowest BCUT2D eigenvalue weighted by atomic mass is 10.3. The molecule has 6 nitrogen and oxygen atoms in total. The van der Waals surface area contributed by atoms with Gasteiger partial charge in [0.2, 0.25) is 5.88 Å². The van der Waals surface area contributed by atoms with E-state index in [9.17, 15) is 0 Å². The second-order valence-corrected chi connectivity index (χ2v) is 5.32. The fraction of sp³-hybridized carbons (Fsp3) is 0.167. The molecule has 24 heavy (non-hydrogen) atoms. The Hall–Kier alpha value is -3.15. The lowest BCUT2D eigenvalue weighted by Crippen LogP contribution is -1.97. The molecule has 0 radical (unpaired) electrons. The minimum absolute atomic E-state index is 0.277. The first-order valence-electron chi connectivity index (χ1n) is 7.49. The van der Waals surface area contributed by atoms with Gasteiger partial charge in [-0.2, -0.15) is 4.98 Å². The highest BCUT2D eigenvalue weighted by Gasteiger charge is 2.07. The average Bonchev–Trinajstić information content (AvgIpc) is 2.60. The molecule has 0 atom stereocenters. The Kier molecular flexibility index (Phi) is 4.56. The molecule has 1 aromatic carbocycles. The van der Waals surface area contributed by atoms with Crippen molar-refractivity contribution in [1.29, 1.82) is 0 Å². The predicted octanol–water partition coefficient (Wildman–Crippen LogP) is 4.03. The van der Waals surface area contributed by atoms with Crippen LogP contribution in [0.15, 0.2) is 48.8 Å². The van der Waals surface area contributed by atoms with E-state index in [1.54, 1.807) is 6.20 Å². The fourth-order valence-electron chi connectivity index (χ4n) is 2.02. The van der Waals surface area contributed by atoms with Crippen molar-refractivity contribution in [3.63, 3.8) is 0 Å². The summed E-state index contributed by atoms with van der Waals surface area (Å²) in [5.74, 6) is 1.95. The highest BCUT2D eigenvalue weighted by molar-refractivity contribution is 5.57. The summed E-state index contributed by atoms with van der Waals surface area (Å²) in [5.41, 5.74) is 2.89. The molecule has 3 aromatic rings. The smallest absolute Gasteiger partial charge is 0.319 e. The summed E-state index contributed by atoms with van der Waals surface area (Å²) in [5, 5.41) is 3.24. The number of hydrogen-bond acceptors (Lipinski definition) is 6. The number of benzene rings is 1. The standard InChI is InChI=1S/C18H18N4O2/c1-12-4-9-16(19-10-12)21-14-5-7-15(8-6-14)24-17-13(2)11-20-18(22-17)23-3/h4-11H,1-3H3,(H,19,21). The normalized spacial score (nSPS) is 10.3. The summed E-state index contributed by atoms with van der Waals surface area (Å²) in [7, 11) is 1.52. The minimum Gasteiger partial charge on any atom is -0.467 e. The molecule has 0 unspecified atom stereocenters. The van der Waals surface area contributed by atoms with E-state index in [1.807, 2.05) is 56.4 Å². The monoisotopic (exact) mass is 322 g/mol. The van der Waals surface area contributed by atoms with Gasteiger partial charge in [0, 0.05) is 23.6 Å². The lowest BCUT2D eigenvalue weighted by Gasteiger charge is -2.10. The van der Waals surface area contributed by atoms with Gasteiger partial charge in [0.25, 0.3) is 0 Å². The zero-order valence-corrected chi connectivity index (χ0v) is 13.8. The maximum atomic E-state index is 5.80. The third kappa shape index (κ3) is 3.78. The molecule has 0 amide bonds. The van der Waals surface area contributed by atoms with E-state index in [0.29, 0.717) is 11.6 Å². The number of anilines is 2. The van der Waals surface area contributed by atoms with Crippen molar-refractivity contribution in [2.45, 2.75) is 13.8 Å². The maximum absolute atomic E-state index is 5.80. The van der Waals surface area contributed by atoms with Crippen LogP contribution in [0.25, 0.3) is 0 Å².